The molecule has 2 aromatic rings. The molecular formula is C37H58O6. The molecule has 0 aromatic heterocycles. The van der Waals surface area contributed by atoms with Crippen molar-refractivity contribution >= 4 is 11.9 Å². The van der Waals surface area contributed by atoms with Gasteiger partial charge in [0.1, 0.15) is 12.2 Å². The summed E-state index contributed by atoms with van der Waals surface area (Å²) in [7, 11) is 0. The fraction of sp³-hybridized carbons (Fsp3) is 0.622. The van der Waals surface area contributed by atoms with E-state index in [9.17, 15) is 9.59 Å². The van der Waals surface area contributed by atoms with Crippen LogP contribution in [0.1, 0.15) is 126 Å². The maximum Gasteiger partial charge on any atom is 0.338 e. The number of esters is 2. The Morgan fingerprint density at radius 1 is 0.674 bits per heavy atom. The standard InChI is InChI=1S/C31H44O4.C6H14O2/c1-7-9-11-24-13-17-26(18-14-24)30(32)34-28(22(3)4)21-29(23(5)6)35-31(33)27-19-15-25(16-20-27)12-10-8-2;1-3-6(2,4-7)5-8/h13-20,22-23,28-29H,7-12,21H2,1-6H3;7-8H,3-5H2,1-2H3. The van der Waals surface area contributed by atoms with Crippen LogP contribution in [0.2, 0.25) is 0 Å². The molecule has 0 radical (unpaired) electrons. The zero-order valence-corrected chi connectivity index (χ0v) is 28.0. The van der Waals surface area contributed by atoms with Gasteiger partial charge in [-0.15, -0.1) is 0 Å². The number of aryl methyl sites for hydroxylation is 2. The Hall–Kier alpha value is -2.70. The summed E-state index contributed by atoms with van der Waals surface area (Å²) in [6, 6.07) is 15.4. The first-order chi connectivity index (χ1) is 20.4. The molecule has 6 nitrogen and oxygen atoms in total. The third kappa shape index (κ3) is 14.1. The van der Waals surface area contributed by atoms with Crippen LogP contribution in [0.4, 0.5) is 0 Å². The maximum absolute atomic E-state index is 12.9. The second kappa shape index (κ2) is 20.3. The van der Waals surface area contributed by atoms with Crippen LogP contribution in [0.3, 0.4) is 0 Å². The summed E-state index contributed by atoms with van der Waals surface area (Å²) in [6.45, 7) is 16.4. The monoisotopic (exact) mass is 598 g/mol. The van der Waals surface area contributed by atoms with Crippen molar-refractivity contribution in [1.29, 1.82) is 0 Å². The average Bonchev–Trinajstić information content (AvgIpc) is 3.02. The topological polar surface area (TPSA) is 93.1 Å². The molecule has 2 unspecified atom stereocenters. The van der Waals surface area contributed by atoms with E-state index < -0.39 is 0 Å². The molecule has 0 saturated carbocycles. The Morgan fingerprint density at radius 3 is 1.26 bits per heavy atom. The molecular weight excluding hydrogens is 540 g/mol. The normalized spacial score (nSPS) is 12.8. The van der Waals surface area contributed by atoms with Gasteiger partial charge < -0.3 is 19.7 Å². The smallest absolute Gasteiger partial charge is 0.338 e. The Morgan fingerprint density at radius 2 is 1.02 bits per heavy atom. The summed E-state index contributed by atoms with van der Waals surface area (Å²) < 4.78 is 11.8. The highest BCUT2D eigenvalue weighted by Gasteiger charge is 2.28. The highest BCUT2D eigenvalue weighted by Crippen LogP contribution is 2.23. The SMILES string of the molecule is CCC(C)(CO)CO.CCCCc1ccc(C(=O)OC(CC(OC(=O)c2ccc(CCCC)cc2)C(C)C)C(C)C)cc1. The van der Waals surface area contributed by atoms with Crippen molar-refractivity contribution in [3.05, 3.63) is 70.8 Å². The van der Waals surface area contributed by atoms with E-state index in [4.69, 9.17) is 19.7 Å². The molecule has 0 amide bonds. The van der Waals surface area contributed by atoms with Crippen molar-refractivity contribution < 1.29 is 29.3 Å². The molecule has 0 aliphatic rings. The molecule has 0 aliphatic carbocycles. The summed E-state index contributed by atoms with van der Waals surface area (Å²) in [5.41, 5.74) is 3.30. The van der Waals surface area contributed by atoms with Crippen LogP contribution in [0.25, 0.3) is 0 Å². The molecule has 0 spiro atoms. The summed E-state index contributed by atoms with van der Waals surface area (Å²) >= 11 is 0. The van der Waals surface area contributed by atoms with Crippen molar-refractivity contribution in [2.24, 2.45) is 17.3 Å². The van der Waals surface area contributed by atoms with E-state index in [1.807, 2.05) is 90.1 Å². The van der Waals surface area contributed by atoms with Crippen LogP contribution in [0.5, 0.6) is 0 Å². The van der Waals surface area contributed by atoms with Crippen molar-refractivity contribution in [2.45, 2.75) is 119 Å². The quantitative estimate of drug-likeness (QED) is 0.178. The Kier molecular flexibility index (Phi) is 18.1. The number of aliphatic hydroxyl groups is 2. The number of benzene rings is 2. The first-order valence-corrected chi connectivity index (χ1v) is 16.2. The Bertz CT molecular complexity index is 954. The number of aliphatic hydroxyl groups excluding tert-OH is 2. The first-order valence-electron chi connectivity index (χ1n) is 16.2. The lowest BCUT2D eigenvalue weighted by Crippen LogP contribution is -2.33. The van der Waals surface area contributed by atoms with Gasteiger partial charge in [-0.3, -0.25) is 0 Å². The molecule has 242 valence electrons. The molecule has 2 N–H and O–H groups in total. The minimum absolute atomic E-state index is 0.0694. The minimum Gasteiger partial charge on any atom is -0.458 e. The lowest BCUT2D eigenvalue weighted by Gasteiger charge is -2.28. The van der Waals surface area contributed by atoms with Crippen LogP contribution in [-0.4, -0.2) is 47.6 Å². The van der Waals surface area contributed by atoms with Crippen LogP contribution in [-0.2, 0) is 22.3 Å². The zero-order chi connectivity index (χ0) is 32.4. The van der Waals surface area contributed by atoms with Crippen molar-refractivity contribution in [2.75, 3.05) is 13.2 Å². The van der Waals surface area contributed by atoms with E-state index in [0.717, 1.165) is 44.9 Å². The summed E-state index contributed by atoms with van der Waals surface area (Å²) in [6.07, 6.45) is 7.19. The van der Waals surface area contributed by atoms with Gasteiger partial charge in [0.05, 0.1) is 24.3 Å². The molecule has 43 heavy (non-hydrogen) atoms. The predicted molar refractivity (Wildman–Crippen MR) is 175 cm³/mol. The number of carbonyl (C=O) groups excluding carboxylic acids is 2. The van der Waals surface area contributed by atoms with Crippen molar-refractivity contribution in [1.82, 2.24) is 0 Å². The third-order valence-electron chi connectivity index (χ3n) is 8.10. The van der Waals surface area contributed by atoms with E-state index in [2.05, 4.69) is 13.8 Å². The van der Waals surface area contributed by atoms with Crippen LogP contribution in [0, 0.1) is 17.3 Å². The van der Waals surface area contributed by atoms with Crippen LogP contribution >= 0.6 is 0 Å². The zero-order valence-electron chi connectivity index (χ0n) is 28.0. The van der Waals surface area contributed by atoms with E-state index in [-0.39, 0.29) is 54.6 Å². The molecule has 0 fully saturated rings. The van der Waals surface area contributed by atoms with Crippen molar-refractivity contribution in [3.8, 4) is 0 Å². The average molecular weight is 599 g/mol. The number of ether oxygens (including phenoxy) is 2. The summed E-state index contributed by atoms with van der Waals surface area (Å²) in [5.74, 6) is -0.467. The lowest BCUT2D eigenvalue weighted by atomic mass is 9.90. The number of hydrogen-bond donors (Lipinski definition) is 2. The fourth-order valence-corrected chi connectivity index (χ4v) is 4.20. The van der Waals surface area contributed by atoms with Crippen LogP contribution in [0.15, 0.2) is 48.5 Å². The van der Waals surface area contributed by atoms with Gasteiger partial charge in [0.15, 0.2) is 0 Å². The first kappa shape index (κ1) is 38.3. The van der Waals surface area contributed by atoms with E-state index in [0.29, 0.717) is 17.5 Å². The summed E-state index contributed by atoms with van der Waals surface area (Å²) in [4.78, 5) is 25.7. The number of rotatable bonds is 17. The molecule has 0 bridgehead atoms. The van der Waals surface area contributed by atoms with Gasteiger partial charge in [-0.25, -0.2) is 9.59 Å². The molecule has 0 saturated heterocycles. The Balaban J connectivity index is 0.00000101. The van der Waals surface area contributed by atoms with Gasteiger partial charge in [-0.1, -0.05) is 92.5 Å². The molecule has 0 heterocycles. The largest absolute Gasteiger partial charge is 0.458 e. The van der Waals surface area contributed by atoms with E-state index in [1.165, 1.54) is 11.1 Å². The van der Waals surface area contributed by atoms with E-state index in [1.54, 1.807) is 0 Å². The Labute approximate surface area is 261 Å². The maximum atomic E-state index is 12.9. The molecule has 2 atom stereocenters. The van der Waals surface area contributed by atoms with Gasteiger partial charge in [0, 0.05) is 11.8 Å². The molecule has 0 aliphatic heterocycles. The van der Waals surface area contributed by atoms with E-state index >= 15 is 0 Å². The van der Waals surface area contributed by atoms with Gasteiger partial charge in [-0.2, -0.15) is 0 Å². The number of carbonyl (C=O) groups is 2. The highest BCUT2D eigenvalue weighted by molar-refractivity contribution is 5.90. The fourth-order valence-electron chi connectivity index (χ4n) is 4.20. The third-order valence-corrected chi connectivity index (χ3v) is 8.10. The lowest BCUT2D eigenvalue weighted by molar-refractivity contribution is -0.0219. The summed E-state index contributed by atoms with van der Waals surface area (Å²) in [5, 5.41) is 17.3. The van der Waals surface area contributed by atoms with Crippen molar-refractivity contribution in [3.63, 3.8) is 0 Å². The highest BCUT2D eigenvalue weighted by atomic mass is 16.6. The number of unbranched alkanes of at least 4 members (excludes halogenated alkanes) is 2. The van der Waals surface area contributed by atoms with Gasteiger partial charge in [0.2, 0.25) is 0 Å². The van der Waals surface area contributed by atoms with Crippen LogP contribution < -0.4 is 0 Å². The number of hydrogen-bond acceptors (Lipinski definition) is 6. The minimum atomic E-state index is -0.348. The molecule has 6 heteroatoms. The second-order valence-electron chi connectivity index (χ2n) is 12.7. The van der Waals surface area contributed by atoms with Gasteiger partial charge >= 0.3 is 11.9 Å². The van der Waals surface area contributed by atoms with Gasteiger partial charge in [0.25, 0.3) is 0 Å². The molecule has 2 aromatic carbocycles. The molecule has 2 rings (SSSR count). The second-order valence-corrected chi connectivity index (χ2v) is 12.7. The van der Waals surface area contributed by atoms with Gasteiger partial charge in [-0.05, 0) is 79.3 Å². The predicted octanol–water partition coefficient (Wildman–Crippen LogP) is 8.21.